The van der Waals surface area contributed by atoms with Crippen molar-refractivity contribution in [2.24, 2.45) is 0 Å². The summed E-state index contributed by atoms with van der Waals surface area (Å²) in [7, 11) is 1.56. The fourth-order valence-corrected chi connectivity index (χ4v) is 1.68. The van der Waals surface area contributed by atoms with E-state index in [4.69, 9.17) is 9.47 Å². The fraction of sp³-hybridized carbons (Fsp3) is 0.417. The van der Waals surface area contributed by atoms with E-state index in [1.807, 2.05) is 0 Å². The predicted molar refractivity (Wildman–Crippen MR) is 69.1 cm³/mol. The monoisotopic (exact) mass is 319 g/mol. The van der Waals surface area contributed by atoms with Gasteiger partial charge >= 0.3 is 0 Å². The van der Waals surface area contributed by atoms with Gasteiger partial charge in [0.1, 0.15) is 11.6 Å². The van der Waals surface area contributed by atoms with Gasteiger partial charge in [0.25, 0.3) is 5.91 Å². The van der Waals surface area contributed by atoms with E-state index in [-0.39, 0.29) is 11.7 Å². The Bertz CT molecular complexity index is 414. The minimum atomic E-state index is -0.663. The van der Waals surface area contributed by atoms with Crippen LogP contribution in [0.1, 0.15) is 6.92 Å². The van der Waals surface area contributed by atoms with Crippen molar-refractivity contribution in [3.63, 3.8) is 0 Å². The Hall–Kier alpha value is -1.14. The second-order valence-corrected chi connectivity index (χ2v) is 4.47. The normalized spacial score (nSPS) is 12.0. The molecule has 0 fully saturated rings. The summed E-state index contributed by atoms with van der Waals surface area (Å²) in [6.07, 6.45) is -0.663. The Balaban J connectivity index is 2.53. The van der Waals surface area contributed by atoms with Crippen LogP contribution in [0.3, 0.4) is 0 Å². The first kappa shape index (κ1) is 14.9. The van der Waals surface area contributed by atoms with Crippen molar-refractivity contribution in [1.29, 1.82) is 0 Å². The molecule has 0 saturated carbocycles. The molecule has 1 aromatic carbocycles. The average Bonchev–Trinajstić information content (AvgIpc) is 2.32. The molecule has 1 unspecified atom stereocenters. The van der Waals surface area contributed by atoms with E-state index < -0.39 is 6.10 Å². The number of hydrogen-bond acceptors (Lipinski definition) is 3. The molecule has 4 nitrogen and oxygen atoms in total. The van der Waals surface area contributed by atoms with Crippen LogP contribution < -0.4 is 10.1 Å². The van der Waals surface area contributed by atoms with Crippen LogP contribution in [0.4, 0.5) is 4.39 Å². The average molecular weight is 320 g/mol. The Labute approximate surface area is 114 Å². The second-order valence-electron chi connectivity index (χ2n) is 3.62. The van der Waals surface area contributed by atoms with Gasteiger partial charge in [0.2, 0.25) is 0 Å². The summed E-state index contributed by atoms with van der Waals surface area (Å²) < 4.78 is 23.6. The van der Waals surface area contributed by atoms with Gasteiger partial charge in [0.05, 0.1) is 11.1 Å². The van der Waals surface area contributed by atoms with Crippen molar-refractivity contribution in [2.45, 2.75) is 13.0 Å². The third-order valence-corrected chi connectivity index (χ3v) is 2.79. The number of nitrogens with one attached hydrogen (secondary N) is 1. The third-order valence-electron chi connectivity index (χ3n) is 2.17. The molecule has 0 bridgehead atoms. The molecule has 0 radical (unpaired) electrons. The number of ether oxygens (including phenoxy) is 2. The molecule has 0 heterocycles. The molecule has 1 atom stereocenters. The van der Waals surface area contributed by atoms with Crippen LogP contribution in [0.25, 0.3) is 0 Å². The van der Waals surface area contributed by atoms with E-state index in [0.717, 1.165) is 0 Å². The van der Waals surface area contributed by atoms with Crippen molar-refractivity contribution >= 4 is 21.8 Å². The highest BCUT2D eigenvalue weighted by Crippen LogP contribution is 2.26. The molecular formula is C12H15BrFNO3. The Morgan fingerprint density at radius 2 is 2.28 bits per heavy atom. The number of amides is 1. The molecule has 1 rings (SSSR count). The van der Waals surface area contributed by atoms with Gasteiger partial charge in [-0.2, -0.15) is 0 Å². The van der Waals surface area contributed by atoms with Gasteiger partial charge in [-0.05, 0) is 41.1 Å². The summed E-state index contributed by atoms with van der Waals surface area (Å²) in [4.78, 5) is 11.6. The number of benzene rings is 1. The minimum Gasteiger partial charge on any atom is -0.480 e. The maximum atomic E-state index is 12.9. The summed E-state index contributed by atoms with van der Waals surface area (Å²) in [5.41, 5.74) is 0. The predicted octanol–water partition coefficient (Wildman–Crippen LogP) is 2.12. The molecule has 0 aliphatic rings. The van der Waals surface area contributed by atoms with Crippen LogP contribution >= 0.6 is 15.9 Å². The van der Waals surface area contributed by atoms with Crippen LogP contribution in [0.15, 0.2) is 22.7 Å². The zero-order chi connectivity index (χ0) is 13.5. The SMILES string of the molecule is COCCNC(=O)C(C)Oc1ccc(F)cc1Br. The first-order valence-corrected chi connectivity index (χ1v) is 6.22. The van der Waals surface area contributed by atoms with Crippen molar-refractivity contribution in [3.8, 4) is 5.75 Å². The van der Waals surface area contributed by atoms with Crippen LogP contribution in [-0.4, -0.2) is 32.3 Å². The van der Waals surface area contributed by atoms with Crippen LogP contribution in [0.2, 0.25) is 0 Å². The first-order chi connectivity index (χ1) is 8.54. The lowest BCUT2D eigenvalue weighted by Gasteiger charge is -2.15. The standard InChI is InChI=1S/C12H15BrFNO3/c1-8(12(16)15-5-6-17-2)18-11-4-3-9(14)7-10(11)13/h3-4,7-8H,5-6H2,1-2H3,(H,15,16). The minimum absolute atomic E-state index is 0.247. The summed E-state index contributed by atoms with van der Waals surface area (Å²) in [6.45, 7) is 2.49. The van der Waals surface area contributed by atoms with Gasteiger partial charge in [-0.1, -0.05) is 0 Å². The topological polar surface area (TPSA) is 47.6 Å². The molecule has 0 spiro atoms. The summed E-state index contributed by atoms with van der Waals surface area (Å²) in [5.74, 6) is -0.194. The number of methoxy groups -OCH3 is 1. The Morgan fingerprint density at radius 1 is 1.56 bits per heavy atom. The van der Waals surface area contributed by atoms with Crippen molar-refractivity contribution in [2.75, 3.05) is 20.3 Å². The molecule has 0 aliphatic heterocycles. The molecule has 1 amide bonds. The zero-order valence-corrected chi connectivity index (χ0v) is 11.8. The van der Waals surface area contributed by atoms with Crippen molar-refractivity contribution < 1.29 is 18.7 Å². The second kappa shape index (κ2) is 7.33. The van der Waals surface area contributed by atoms with Gasteiger partial charge in [-0.25, -0.2) is 4.39 Å². The number of hydrogen-bond donors (Lipinski definition) is 1. The fourth-order valence-electron chi connectivity index (χ4n) is 1.23. The lowest BCUT2D eigenvalue weighted by atomic mass is 10.3. The number of carbonyl (C=O) groups is 1. The number of rotatable bonds is 6. The number of halogens is 2. The van der Waals surface area contributed by atoms with Gasteiger partial charge in [0.15, 0.2) is 6.10 Å². The van der Waals surface area contributed by atoms with Gasteiger partial charge in [-0.3, -0.25) is 4.79 Å². The van der Waals surface area contributed by atoms with Crippen molar-refractivity contribution in [3.05, 3.63) is 28.5 Å². The molecule has 18 heavy (non-hydrogen) atoms. The number of carbonyl (C=O) groups excluding carboxylic acids is 1. The zero-order valence-electron chi connectivity index (χ0n) is 10.2. The molecule has 0 saturated heterocycles. The van der Waals surface area contributed by atoms with E-state index >= 15 is 0 Å². The van der Waals surface area contributed by atoms with E-state index in [2.05, 4.69) is 21.2 Å². The van der Waals surface area contributed by atoms with E-state index in [1.165, 1.54) is 18.2 Å². The molecule has 0 aromatic heterocycles. The molecule has 1 aromatic rings. The van der Waals surface area contributed by atoms with Crippen LogP contribution in [0, 0.1) is 5.82 Å². The highest BCUT2D eigenvalue weighted by atomic mass is 79.9. The highest BCUT2D eigenvalue weighted by Gasteiger charge is 2.15. The smallest absolute Gasteiger partial charge is 0.260 e. The quantitative estimate of drug-likeness (QED) is 0.817. The maximum absolute atomic E-state index is 12.9. The van der Waals surface area contributed by atoms with E-state index in [1.54, 1.807) is 14.0 Å². The molecule has 1 N–H and O–H groups in total. The highest BCUT2D eigenvalue weighted by molar-refractivity contribution is 9.10. The lowest BCUT2D eigenvalue weighted by molar-refractivity contribution is -0.127. The Morgan fingerprint density at radius 3 is 2.89 bits per heavy atom. The van der Waals surface area contributed by atoms with E-state index in [0.29, 0.717) is 23.4 Å². The first-order valence-electron chi connectivity index (χ1n) is 5.43. The van der Waals surface area contributed by atoms with Crippen LogP contribution in [-0.2, 0) is 9.53 Å². The summed E-state index contributed by atoms with van der Waals surface area (Å²) >= 11 is 3.17. The van der Waals surface area contributed by atoms with Crippen molar-refractivity contribution in [1.82, 2.24) is 5.32 Å². The van der Waals surface area contributed by atoms with Crippen LogP contribution in [0.5, 0.6) is 5.75 Å². The largest absolute Gasteiger partial charge is 0.480 e. The summed E-state index contributed by atoms with van der Waals surface area (Å²) in [5, 5.41) is 2.66. The van der Waals surface area contributed by atoms with Gasteiger partial charge in [-0.15, -0.1) is 0 Å². The van der Waals surface area contributed by atoms with Gasteiger partial charge in [0, 0.05) is 13.7 Å². The molecule has 6 heteroatoms. The molecule has 0 aliphatic carbocycles. The maximum Gasteiger partial charge on any atom is 0.260 e. The Kier molecular flexibility index (Phi) is 6.07. The molecule has 100 valence electrons. The lowest BCUT2D eigenvalue weighted by Crippen LogP contribution is -2.37. The molecular weight excluding hydrogens is 305 g/mol. The summed E-state index contributed by atoms with van der Waals surface area (Å²) in [6, 6.07) is 4.03. The van der Waals surface area contributed by atoms with Gasteiger partial charge < -0.3 is 14.8 Å². The third kappa shape index (κ3) is 4.62. The van der Waals surface area contributed by atoms with E-state index in [9.17, 15) is 9.18 Å².